The molecule has 0 fully saturated rings. The molecule has 2 heterocycles. The number of rotatable bonds is 0. The highest BCUT2D eigenvalue weighted by molar-refractivity contribution is 9.10. The van der Waals surface area contributed by atoms with Crippen LogP contribution in [-0.2, 0) is 5.41 Å². The van der Waals surface area contributed by atoms with Gasteiger partial charge in [0.15, 0.2) is 0 Å². The minimum Gasteiger partial charge on any atom is -0.268 e. The molecule has 0 radical (unpaired) electrons. The van der Waals surface area contributed by atoms with Crippen molar-refractivity contribution in [3.05, 3.63) is 68.4 Å². The van der Waals surface area contributed by atoms with E-state index in [0.29, 0.717) is 22.4 Å². The van der Waals surface area contributed by atoms with E-state index in [1.165, 1.54) is 12.1 Å². The summed E-state index contributed by atoms with van der Waals surface area (Å²) < 4.78 is 16.1. The lowest BCUT2D eigenvalue weighted by atomic mass is 9.85. The zero-order valence-corrected chi connectivity index (χ0v) is 13.6. The Morgan fingerprint density at radius 3 is 2.73 bits per heavy atom. The van der Waals surface area contributed by atoms with Crippen LogP contribution in [0, 0.1) is 5.82 Å². The van der Waals surface area contributed by atoms with E-state index in [4.69, 9.17) is 0 Å². The van der Waals surface area contributed by atoms with Gasteiger partial charge >= 0.3 is 0 Å². The Morgan fingerprint density at radius 1 is 1.18 bits per heavy atom. The first-order chi connectivity index (χ1) is 10.4. The molecule has 4 rings (SSSR count). The molecule has 0 spiro atoms. The molecule has 0 atom stereocenters. The lowest BCUT2D eigenvalue weighted by molar-refractivity contribution is 0.593. The van der Waals surface area contributed by atoms with Crippen LogP contribution in [0.3, 0.4) is 0 Å². The molecule has 0 aliphatic carbocycles. The average molecular weight is 359 g/mol. The van der Waals surface area contributed by atoms with E-state index in [9.17, 15) is 9.18 Å². The first-order valence-electron chi connectivity index (χ1n) is 6.93. The average Bonchev–Trinajstić information content (AvgIpc) is 2.68. The van der Waals surface area contributed by atoms with Gasteiger partial charge in [-0.3, -0.25) is 9.36 Å². The normalized spacial score (nSPS) is 14.9. The number of benzene rings is 2. The number of fused-ring (bicyclic) bond motifs is 4. The van der Waals surface area contributed by atoms with Gasteiger partial charge in [0.2, 0.25) is 0 Å². The van der Waals surface area contributed by atoms with Crippen molar-refractivity contribution >= 4 is 26.8 Å². The molecule has 1 aliphatic rings. The van der Waals surface area contributed by atoms with Crippen molar-refractivity contribution in [2.24, 2.45) is 0 Å². The Hall–Kier alpha value is -2.01. The summed E-state index contributed by atoms with van der Waals surface area (Å²) in [7, 11) is 0. The summed E-state index contributed by atoms with van der Waals surface area (Å²) in [6.45, 7) is 3.92. The first-order valence-corrected chi connectivity index (χ1v) is 7.72. The van der Waals surface area contributed by atoms with Crippen LogP contribution < -0.4 is 5.56 Å². The Balaban J connectivity index is 2.19. The molecule has 1 aliphatic heterocycles. The standard InChI is InChI=1S/C17H12BrFN2O/c1-17(2)12-8-10(19)4-6-14(12)21-15(22)11-5-3-9(18)7-13(11)20-16(17)21/h3-8H,1-2H3. The van der Waals surface area contributed by atoms with Crippen LogP contribution in [0.5, 0.6) is 0 Å². The molecule has 22 heavy (non-hydrogen) atoms. The van der Waals surface area contributed by atoms with Crippen LogP contribution in [0.4, 0.5) is 4.39 Å². The van der Waals surface area contributed by atoms with Gasteiger partial charge in [-0.15, -0.1) is 0 Å². The molecule has 5 heteroatoms. The predicted octanol–water partition coefficient (Wildman–Crippen LogP) is 3.93. The van der Waals surface area contributed by atoms with Crippen molar-refractivity contribution in [1.29, 1.82) is 0 Å². The van der Waals surface area contributed by atoms with Gasteiger partial charge in [0.1, 0.15) is 11.6 Å². The van der Waals surface area contributed by atoms with Gasteiger partial charge in [-0.2, -0.15) is 0 Å². The van der Waals surface area contributed by atoms with Crippen LogP contribution in [0.1, 0.15) is 25.2 Å². The first kappa shape index (κ1) is 13.6. The van der Waals surface area contributed by atoms with Crippen molar-refractivity contribution in [2.45, 2.75) is 19.3 Å². The van der Waals surface area contributed by atoms with Crippen LogP contribution in [-0.4, -0.2) is 9.55 Å². The highest BCUT2D eigenvalue weighted by Crippen LogP contribution is 2.41. The lowest BCUT2D eigenvalue weighted by Crippen LogP contribution is -2.25. The second-order valence-electron chi connectivity index (χ2n) is 6.02. The van der Waals surface area contributed by atoms with E-state index < -0.39 is 5.41 Å². The number of halogens is 2. The van der Waals surface area contributed by atoms with E-state index in [0.717, 1.165) is 10.0 Å². The van der Waals surface area contributed by atoms with Gasteiger partial charge < -0.3 is 0 Å². The van der Waals surface area contributed by atoms with E-state index in [-0.39, 0.29) is 11.4 Å². The highest BCUT2D eigenvalue weighted by Gasteiger charge is 2.38. The van der Waals surface area contributed by atoms with E-state index >= 15 is 0 Å². The Kier molecular flexibility index (Phi) is 2.64. The summed E-state index contributed by atoms with van der Waals surface area (Å²) in [6.07, 6.45) is 0. The largest absolute Gasteiger partial charge is 0.268 e. The number of nitrogens with zero attached hydrogens (tertiary/aromatic N) is 2. The molecule has 0 bridgehead atoms. The van der Waals surface area contributed by atoms with Crippen molar-refractivity contribution in [3.8, 4) is 5.69 Å². The SMILES string of the molecule is CC1(C)c2cc(F)ccc2-n2c1nc1cc(Br)ccc1c2=O. The Bertz CT molecular complexity index is 1010. The summed E-state index contributed by atoms with van der Waals surface area (Å²) in [6, 6.07) is 9.93. The quantitative estimate of drug-likeness (QED) is 0.610. The number of hydrogen-bond donors (Lipinski definition) is 0. The monoisotopic (exact) mass is 358 g/mol. The van der Waals surface area contributed by atoms with Crippen molar-refractivity contribution in [1.82, 2.24) is 9.55 Å². The molecule has 2 aromatic carbocycles. The summed E-state index contributed by atoms with van der Waals surface area (Å²) >= 11 is 3.41. The van der Waals surface area contributed by atoms with Gasteiger partial charge in [-0.05, 0) is 55.8 Å². The predicted molar refractivity (Wildman–Crippen MR) is 87.1 cm³/mol. The summed E-state index contributed by atoms with van der Waals surface area (Å²) in [5.41, 5.74) is 1.50. The molecule has 0 amide bonds. The van der Waals surface area contributed by atoms with Crippen molar-refractivity contribution in [3.63, 3.8) is 0 Å². The lowest BCUT2D eigenvalue weighted by Gasteiger charge is -2.18. The molecule has 0 unspecified atom stereocenters. The molecule has 0 saturated heterocycles. The van der Waals surface area contributed by atoms with Gasteiger partial charge in [-0.25, -0.2) is 9.37 Å². The molecular formula is C17H12BrFN2O. The van der Waals surface area contributed by atoms with Gasteiger partial charge in [-0.1, -0.05) is 15.9 Å². The number of aromatic nitrogens is 2. The highest BCUT2D eigenvalue weighted by atomic mass is 79.9. The van der Waals surface area contributed by atoms with E-state index in [1.807, 2.05) is 26.0 Å². The zero-order valence-electron chi connectivity index (χ0n) is 12.0. The smallest absolute Gasteiger partial charge is 0.266 e. The molecule has 3 nitrogen and oxygen atoms in total. The molecule has 0 N–H and O–H groups in total. The fraction of sp³-hybridized carbons (Fsp3) is 0.176. The van der Waals surface area contributed by atoms with E-state index in [2.05, 4.69) is 20.9 Å². The van der Waals surface area contributed by atoms with E-state index in [1.54, 1.807) is 16.7 Å². The molecular weight excluding hydrogens is 347 g/mol. The van der Waals surface area contributed by atoms with Crippen LogP contribution in [0.25, 0.3) is 16.6 Å². The van der Waals surface area contributed by atoms with Crippen LogP contribution in [0.2, 0.25) is 0 Å². The van der Waals surface area contributed by atoms with Gasteiger partial charge in [0.25, 0.3) is 5.56 Å². The Labute approximate surface area is 134 Å². The fourth-order valence-electron chi connectivity index (χ4n) is 3.13. The van der Waals surface area contributed by atoms with Crippen molar-refractivity contribution in [2.75, 3.05) is 0 Å². The fourth-order valence-corrected chi connectivity index (χ4v) is 3.47. The minimum absolute atomic E-state index is 0.120. The third-order valence-electron chi connectivity index (χ3n) is 4.26. The zero-order chi connectivity index (χ0) is 15.6. The van der Waals surface area contributed by atoms with Crippen LogP contribution in [0.15, 0.2) is 45.7 Å². The molecule has 110 valence electrons. The second kappa shape index (κ2) is 4.26. The third kappa shape index (κ3) is 1.66. The maximum absolute atomic E-state index is 13.6. The summed E-state index contributed by atoms with van der Waals surface area (Å²) in [5.74, 6) is 0.337. The van der Waals surface area contributed by atoms with Gasteiger partial charge in [0.05, 0.1) is 22.0 Å². The molecule has 1 aromatic heterocycles. The van der Waals surface area contributed by atoms with Crippen molar-refractivity contribution < 1.29 is 4.39 Å². The third-order valence-corrected chi connectivity index (χ3v) is 4.76. The number of hydrogen-bond acceptors (Lipinski definition) is 2. The second-order valence-corrected chi connectivity index (χ2v) is 6.94. The maximum atomic E-state index is 13.6. The molecule has 0 saturated carbocycles. The minimum atomic E-state index is -0.521. The Morgan fingerprint density at radius 2 is 1.95 bits per heavy atom. The maximum Gasteiger partial charge on any atom is 0.266 e. The van der Waals surface area contributed by atoms with Crippen LogP contribution >= 0.6 is 15.9 Å². The summed E-state index contributed by atoms with van der Waals surface area (Å²) in [4.78, 5) is 17.6. The molecule has 3 aromatic rings. The summed E-state index contributed by atoms with van der Waals surface area (Å²) in [5, 5.41) is 0.555. The topological polar surface area (TPSA) is 34.9 Å². The van der Waals surface area contributed by atoms with Gasteiger partial charge in [0, 0.05) is 4.47 Å².